The minimum atomic E-state index is -0.379. The lowest BCUT2D eigenvalue weighted by Gasteiger charge is -2.20. The van der Waals surface area contributed by atoms with Gasteiger partial charge in [-0.1, -0.05) is 55.4 Å². The Labute approximate surface area is 151 Å². The van der Waals surface area contributed by atoms with Gasteiger partial charge in [0.15, 0.2) is 5.16 Å². The molecular weight excluding hydrogens is 334 g/mol. The molecule has 0 aliphatic heterocycles. The molecule has 0 radical (unpaired) electrons. The minimum absolute atomic E-state index is 0.0197. The predicted octanol–water partition coefficient (Wildman–Crippen LogP) is 3.07. The molecule has 0 aliphatic carbocycles. The first kappa shape index (κ1) is 18.7. The number of aromatic nitrogens is 2. The molecule has 1 amide bonds. The van der Waals surface area contributed by atoms with E-state index in [9.17, 15) is 4.79 Å². The normalized spacial score (nSPS) is 12.8. The number of carbonyl (C=O) groups is 1. The number of nitrogens with one attached hydrogen (secondary N) is 1. The van der Waals surface area contributed by atoms with Crippen LogP contribution in [-0.2, 0) is 4.79 Å². The molecule has 1 aromatic heterocycles. The average molecular weight is 355 g/mol. The summed E-state index contributed by atoms with van der Waals surface area (Å²) in [6, 6.07) is 11.8. The number of nitrogen functional groups attached to an aromatic ring is 1. The molecule has 2 atom stereocenters. The Hall–Kier alpha value is -2.59. The van der Waals surface area contributed by atoms with Crippen LogP contribution in [0, 0.1) is 11.3 Å². The lowest BCUT2D eigenvalue weighted by Crippen LogP contribution is -2.34. The first-order valence-corrected chi connectivity index (χ1v) is 8.97. The third-order valence-electron chi connectivity index (χ3n) is 3.66. The molecule has 0 saturated carbocycles. The fraction of sp³-hybridized carbons (Fsp3) is 0.333. The second kappa shape index (κ2) is 9.04. The number of rotatable bonds is 7. The number of amides is 1. The van der Waals surface area contributed by atoms with Gasteiger partial charge >= 0.3 is 0 Å². The average Bonchev–Trinajstić information content (AvgIpc) is 2.62. The number of nitriles is 1. The highest BCUT2D eigenvalue weighted by molar-refractivity contribution is 8.00. The molecule has 2 rings (SSSR count). The minimum Gasteiger partial charge on any atom is -0.382 e. The van der Waals surface area contributed by atoms with Gasteiger partial charge in [0.05, 0.1) is 17.5 Å². The molecule has 130 valence electrons. The molecule has 2 aromatic rings. The van der Waals surface area contributed by atoms with Crippen molar-refractivity contribution in [1.29, 1.82) is 5.26 Å². The Morgan fingerprint density at radius 2 is 2.12 bits per heavy atom. The fourth-order valence-corrected chi connectivity index (χ4v) is 3.07. The van der Waals surface area contributed by atoms with E-state index in [1.807, 2.05) is 36.4 Å². The zero-order chi connectivity index (χ0) is 18.2. The van der Waals surface area contributed by atoms with E-state index in [0.717, 1.165) is 18.4 Å². The van der Waals surface area contributed by atoms with Crippen molar-refractivity contribution in [3.63, 3.8) is 0 Å². The van der Waals surface area contributed by atoms with Crippen LogP contribution in [0.5, 0.6) is 0 Å². The molecule has 0 saturated heterocycles. The molecule has 7 heteroatoms. The van der Waals surface area contributed by atoms with E-state index < -0.39 is 0 Å². The standard InChI is InChI=1S/C18H21N5OS/c1-3-7-15(13-8-5-4-6-9-13)22-17(24)12(2)25-18-21-11-14(10-19)16(20)23-18/h4-6,8-9,11-12,15H,3,7H2,1-2H3,(H,22,24)(H2,20,21,23). The second-order valence-electron chi connectivity index (χ2n) is 5.58. The number of anilines is 1. The first-order chi connectivity index (χ1) is 12.0. The molecule has 1 aromatic carbocycles. The summed E-state index contributed by atoms with van der Waals surface area (Å²) in [5.41, 5.74) is 7.01. The maximum atomic E-state index is 12.5. The Morgan fingerprint density at radius 1 is 1.40 bits per heavy atom. The highest BCUT2D eigenvalue weighted by Gasteiger charge is 2.20. The lowest BCUT2D eigenvalue weighted by molar-refractivity contribution is -0.121. The van der Waals surface area contributed by atoms with Gasteiger partial charge in [0.2, 0.25) is 5.91 Å². The number of carbonyl (C=O) groups excluding carboxylic acids is 1. The van der Waals surface area contributed by atoms with Crippen molar-refractivity contribution in [1.82, 2.24) is 15.3 Å². The van der Waals surface area contributed by atoms with Crippen molar-refractivity contribution in [3.05, 3.63) is 47.7 Å². The van der Waals surface area contributed by atoms with E-state index in [1.165, 1.54) is 18.0 Å². The summed E-state index contributed by atoms with van der Waals surface area (Å²) in [5.74, 6) is 0.0413. The van der Waals surface area contributed by atoms with Crippen LogP contribution in [0.15, 0.2) is 41.7 Å². The molecule has 0 aliphatic rings. The van der Waals surface area contributed by atoms with E-state index in [4.69, 9.17) is 11.0 Å². The summed E-state index contributed by atoms with van der Waals surface area (Å²) in [7, 11) is 0. The molecule has 0 bridgehead atoms. The monoisotopic (exact) mass is 355 g/mol. The van der Waals surface area contributed by atoms with Crippen LogP contribution in [0.4, 0.5) is 5.82 Å². The topological polar surface area (TPSA) is 105 Å². The van der Waals surface area contributed by atoms with E-state index in [2.05, 4.69) is 22.2 Å². The second-order valence-corrected chi connectivity index (χ2v) is 6.89. The summed E-state index contributed by atoms with van der Waals surface area (Å²) in [5, 5.41) is 12.0. The lowest BCUT2D eigenvalue weighted by atomic mass is 10.0. The zero-order valence-electron chi connectivity index (χ0n) is 14.3. The van der Waals surface area contributed by atoms with E-state index in [0.29, 0.717) is 5.16 Å². The van der Waals surface area contributed by atoms with Crippen LogP contribution >= 0.6 is 11.8 Å². The number of hydrogen-bond donors (Lipinski definition) is 2. The summed E-state index contributed by atoms with van der Waals surface area (Å²) in [6.45, 7) is 3.89. The summed E-state index contributed by atoms with van der Waals surface area (Å²) in [4.78, 5) is 20.7. The van der Waals surface area contributed by atoms with Crippen LogP contribution in [0.25, 0.3) is 0 Å². The van der Waals surface area contributed by atoms with Crippen LogP contribution in [0.3, 0.4) is 0 Å². The molecule has 0 fully saturated rings. The van der Waals surface area contributed by atoms with E-state index >= 15 is 0 Å². The number of hydrogen-bond acceptors (Lipinski definition) is 6. The summed E-state index contributed by atoms with van der Waals surface area (Å²) in [6.07, 6.45) is 3.21. The third kappa shape index (κ3) is 5.19. The van der Waals surface area contributed by atoms with Gasteiger partial charge in [0, 0.05) is 0 Å². The van der Waals surface area contributed by atoms with E-state index in [1.54, 1.807) is 6.92 Å². The Kier molecular flexibility index (Phi) is 6.78. The van der Waals surface area contributed by atoms with Crippen molar-refractivity contribution < 1.29 is 4.79 Å². The van der Waals surface area contributed by atoms with Crippen molar-refractivity contribution in [2.75, 3.05) is 5.73 Å². The SMILES string of the molecule is CCCC(NC(=O)C(C)Sc1ncc(C#N)c(N)n1)c1ccccc1. The van der Waals surface area contributed by atoms with E-state index in [-0.39, 0.29) is 28.6 Å². The fourth-order valence-electron chi connectivity index (χ4n) is 2.32. The largest absolute Gasteiger partial charge is 0.382 e. The molecule has 3 N–H and O–H groups in total. The van der Waals surface area contributed by atoms with Crippen molar-refractivity contribution in [2.45, 2.75) is 43.1 Å². The quantitative estimate of drug-likeness (QED) is 0.584. The van der Waals surface area contributed by atoms with Crippen molar-refractivity contribution in [2.24, 2.45) is 0 Å². The number of nitrogens with zero attached hydrogens (tertiary/aromatic N) is 3. The molecule has 0 spiro atoms. The van der Waals surface area contributed by atoms with Crippen LogP contribution < -0.4 is 11.1 Å². The van der Waals surface area contributed by atoms with Crippen LogP contribution in [0.2, 0.25) is 0 Å². The maximum Gasteiger partial charge on any atom is 0.233 e. The van der Waals surface area contributed by atoms with Gasteiger partial charge in [-0.05, 0) is 18.9 Å². The predicted molar refractivity (Wildman–Crippen MR) is 98.7 cm³/mol. The van der Waals surface area contributed by atoms with Gasteiger partial charge in [-0.3, -0.25) is 4.79 Å². The Bertz CT molecular complexity index is 760. The van der Waals surface area contributed by atoms with Gasteiger partial charge in [0.25, 0.3) is 0 Å². The Morgan fingerprint density at radius 3 is 2.72 bits per heavy atom. The van der Waals surface area contributed by atoms with Crippen LogP contribution in [-0.4, -0.2) is 21.1 Å². The summed E-state index contributed by atoms with van der Waals surface area (Å²) < 4.78 is 0. The molecular formula is C18H21N5OS. The highest BCUT2D eigenvalue weighted by Crippen LogP contribution is 2.23. The van der Waals surface area contributed by atoms with Crippen molar-refractivity contribution >= 4 is 23.5 Å². The third-order valence-corrected chi connectivity index (χ3v) is 4.64. The van der Waals surface area contributed by atoms with Gasteiger partial charge in [-0.2, -0.15) is 5.26 Å². The first-order valence-electron chi connectivity index (χ1n) is 8.09. The van der Waals surface area contributed by atoms with Gasteiger partial charge in [-0.25, -0.2) is 9.97 Å². The Balaban J connectivity index is 2.03. The maximum absolute atomic E-state index is 12.5. The van der Waals surface area contributed by atoms with Gasteiger partial charge < -0.3 is 11.1 Å². The highest BCUT2D eigenvalue weighted by atomic mass is 32.2. The smallest absolute Gasteiger partial charge is 0.233 e. The molecule has 25 heavy (non-hydrogen) atoms. The molecule has 2 unspecified atom stereocenters. The van der Waals surface area contributed by atoms with Crippen molar-refractivity contribution in [3.8, 4) is 6.07 Å². The number of nitrogens with two attached hydrogens (primary N) is 1. The number of thioether (sulfide) groups is 1. The number of benzene rings is 1. The molecule has 6 nitrogen and oxygen atoms in total. The van der Waals surface area contributed by atoms with Crippen LogP contribution in [0.1, 0.15) is 43.9 Å². The summed E-state index contributed by atoms with van der Waals surface area (Å²) >= 11 is 1.22. The zero-order valence-corrected chi connectivity index (χ0v) is 15.1. The molecule has 1 heterocycles. The van der Waals surface area contributed by atoms with Gasteiger partial charge in [0.1, 0.15) is 17.5 Å². The van der Waals surface area contributed by atoms with Gasteiger partial charge in [-0.15, -0.1) is 0 Å².